The Morgan fingerprint density at radius 1 is 1.62 bits per heavy atom. The van der Waals surface area contributed by atoms with Crippen molar-refractivity contribution in [3.05, 3.63) is 5.82 Å². The van der Waals surface area contributed by atoms with Gasteiger partial charge in [-0.2, -0.15) is 0 Å². The lowest BCUT2D eigenvalue weighted by molar-refractivity contribution is -0.142. The highest BCUT2D eigenvalue weighted by Crippen LogP contribution is 2.16. The number of thioether (sulfide) groups is 1. The van der Waals surface area contributed by atoms with E-state index < -0.39 is 0 Å². The van der Waals surface area contributed by atoms with Gasteiger partial charge >= 0.3 is 5.97 Å². The van der Waals surface area contributed by atoms with Crippen LogP contribution >= 0.6 is 11.8 Å². The first-order valence-corrected chi connectivity index (χ1v) is 5.82. The van der Waals surface area contributed by atoms with Crippen molar-refractivity contribution in [2.75, 3.05) is 19.9 Å². The van der Waals surface area contributed by atoms with E-state index in [2.05, 4.69) is 20.3 Å². The second-order valence-corrected chi connectivity index (χ2v) is 4.25. The summed E-state index contributed by atoms with van der Waals surface area (Å²) in [6.07, 6.45) is 0. The van der Waals surface area contributed by atoms with Crippen LogP contribution in [0.15, 0.2) is 5.16 Å². The molecule has 16 heavy (non-hydrogen) atoms. The zero-order valence-corrected chi connectivity index (χ0v) is 10.7. The average molecular weight is 244 g/mol. The molecule has 0 aromatic carbocycles. The molecule has 0 aliphatic rings. The highest BCUT2D eigenvalue weighted by atomic mass is 32.2. The molecule has 1 atom stereocenters. The summed E-state index contributed by atoms with van der Waals surface area (Å²) in [5.41, 5.74) is 0. The van der Waals surface area contributed by atoms with Crippen molar-refractivity contribution >= 4 is 17.7 Å². The summed E-state index contributed by atoms with van der Waals surface area (Å²) >= 11 is 1.47. The van der Waals surface area contributed by atoms with Gasteiger partial charge in [0.15, 0.2) is 5.16 Å². The summed E-state index contributed by atoms with van der Waals surface area (Å²) < 4.78 is 6.55. The average Bonchev–Trinajstić information content (AvgIpc) is 2.61. The number of methoxy groups -OCH3 is 1. The molecule has 90 valence electrons. The molecule has 0 aliphatic heterocycles. The molecule has 0 saturated carbocycles. The molecular weight excluding hydrogens is 228 g/mol. The van der Waals surface area contributed by atoms with Crippen LogP contribution in [-0.2, 0) is 16.6 Å². The highest BCUT2D eigenvalue weighted by Gasteiger charge is 2.18. The van der Waals surface area contributed by atoms with Gasteiger partial charge in [-0.05, 0) is 14.0 Å². The Morgan fingerprint density at radius 2 is 2.31 bits per heavy atom. The second kappa shape index (κ2) is 5.86. The van der Waals surface area contributed by atoms with E-state index in [9.17, 15) is 4.79 Å². The summed E-state index contributed by atoms with van der Waals surface area (Å²) in [6, 6.07) is -0.327. The van der Waals surface area contributed by atoms with E-state index in [1.54, 1.807) is 7.05 Å². The molecule has 1 rings (SSSR count). The Labute approximate surface area is 98.8 Å². The SMILES string of the molecule is CNC(CSc1nnc(C)n1C)C(=O)OC. The minimum Gasteiger partial charge on any atom is -0.468 e. The van der Waals surface area contributed by atoms with Crippen LogP contribution in [0.25, 0.3) is 0 Å². The number of ether oxygens (including phenoxy) is 1. The maximum Gasteiger partial charge on any atom is 0.323 e. The first kappa shape index (κ1) is 13.0. The van der Waals surface area contributed by atoms with E-state index in [1.807, 2.05) is 18.5 Å². The van der Waals surface area contributed by atoms with Crippen LogP contribution in [0.2, 0.25) is 0 Å². The molecule has 0 saturated heterocycles. The van der Waals surface area contributed by atoms with E-state index in [0.717, 1.165) is 11.0 Å². The van der Waals surface area contributed by atoms with Crippen molar-refractivity contribution in [2.45, 2.75) is 18.1 Å². The van der Waals surface area contributed by atoms with E-state index in [-0.39, 0.29) is 12.0 Å². The minimum atomic E-state index is -0.327. The van der Waals surface area contributed by atoms with Gasteiger partial charge in [0.1, 0.15) is 11.9 Å². The molecule has 1 unspecified atom stereocenters. The van der Waals surface area contributed by atoms with Gasteiger partial charge in [-0.25, -0.2) is 0 Å². The molecule has 0 spiro atoms. The molecular formula is C9H16N4O2S. The van der Waals surface area contributed by atoms with E-state index in [0.29, 0.717) is 5.75 Å². The van der Waals surface area contributed by atoms with Crippen molar-refractivity contribution in [2.24, 2.45) is 7.05 Å². The first-order chi connectivity index (χ1) is 7.60. The Bertz CT molecular complexity index is 366. The predicted octanol–water partition coefficient (Wildman–Crippen LogP) is -0.0234. The number of hydrogen-bond donors (Lipinski definition) is 1. The van der Waals surface area contributed by atoms with Crippen LogP contribution in [0.4, 0.5) is 0 Å². The molecule has 7 heteroatoms. The molecule has 1 aromatic rings. The van der Waals surface area contributed by atoms with Gasteiger partial charge in [0.2, 0.25) is 0 Å². The highest BCUT2D eigenvalue weighted by molar-refractivity contribution is 7.99. The maximum absolute atomic E-state index is 11.3. The van der Waals surface area contributed by atoms with Gasteiger partial charge in [0.05, 0.1) is 7.11 Å². The zero-order chi connectivity index (χ0) is 12.1. The lowest BCUT2D eigenvalue weighted by Gasteiger charge is -2.12. The van der Waals surface area contributed by atoms with Gasteiger partial charge in [0.25, 0.3) is 0 Å². The smallest absolute Gasteiger partial charge is 0.323 e. The number of esters is 1. The Hall–Kier alpha value is -1.08. The van der Waals surface area contributed by atoms with Crippen LogP contribution < -0.4 is 5.32 Å². The standard InChI is InChI=1S/C9H16N4O2S/c1-6-11-12-9(13(6)3)16-5-7(10-2)8(14)15-4/h7,10H,5H2,1-4H3. The lowest BCUT2D eigenvalue weighted by Crippen LogP contribution is -2.37. The van der Waals surface area contributed by atoms with Crippen molar-refractivity contribution < 1.29 is 9.53 Å². The van der Waals surface area contributed by atoms with Gasteiger partial charge in [-0.15, -0.1) is 10.2 Å². The molecule has 0 fully saturated rings. The predicted molar refractivity (Wildman–Crippen MR) is 61.3 cm³/mol. The number of hydrogen-bond acceptors (Lipinski definition) is 6. The Kier molecular flexibility index (Phi) is 4.75. The molecule has 0 aliphatic carbocycles. The van der Waals surface area contributed by atoms with E-state index in [4.69, 9.17) is 0 Å². The summed E-state index contributed by atoms with van der Waals surface area (Å²) in [5, 5.41) is 11.6. The minimum absolute atomic E-state index is 0.270. The number of nitrogens with one attached hydrogen (secondary N) is 1. The summed E-state index contributed by atoms with van der Waals surface area (Å²) in [7, 11) is 5.00. The van der Waals surface area contributed by atoms with Crippen molar-refractivity contribution in [1.82, 2.24) is 20.1 Å². The molecule has 1 aromatic heterocycles. The van der Waals surface area contributed by atoms with Gasteiger partial charge in [-0.3, -0.25) is 4.79 Å². The third-order valence-electron chi connectivity index (χ3n) is 2.27. The van der Waals surface area contributed by atoms with Gasteiger partial charge in [0, 0.05) is 12.8 Å². The number of nitrogens with zero attached hydrogens (tertiary/aromatic N) is 3. The summed E-state index contributed by atoms with van der Waals surface area (Å²) in [5.74, 6) is 1.14. The monoisotopic (exact) mass is 244 g/mol. The summed E-state index contributed by atoms with van der Waals surface area (Å²) in [6.45, 7) is 1.88. The molecule has 0 amide bonds. The fraction of sp³-hybridized carbons (Fsp3) is 0.667. The third kappa shape index (κ3) is 2.96. The topological polar surface area (TPSA) is 69.0 Å². The van der Waals surface area contributed by atoms with Gasteiger partial charge in [-0.1, -0.05) is 11.8 Å². The van der Waals surface area contributed by atoms with Crippen molar-refractivity contribution in [3.8, 4) is 0 Å². The maximum atomic E-state index is 11.3. The quantitative estimate of drug-likeness (QED) is 0.580. The number of aryl methyl sites for hydroxylation is 1. The van der Waals surface area contributed by atoms with Crippen molar-refractivity contribution in [3.63, 3.8) is 0 Å². The van der Waals surface area contributed by atoms with E-state index in [1.165, 1.54) is 18.9 Å². The molecule has 1 heterocycles. The van der Waals surface area contributed by atoms with Crippen LogP contribution in [-0.4, -0.2) is 46.7 Å². The fourth-order valence-electron chi connectivity index (χ4n) is 1.08. The largest absolute Gasteiger partial charge is 0.468 e. The number of carbonyl (C=O) groups is 1. The summed E-state index contributed by atoms with van der Waals surface area (Å²) in [4.78, 5) is 11.3. The van der Waals surface area contributed by atoms with Crippen molar-refractivity contribution in [1.29, 1.82) is 0 Å². The zero-order valence-electron chi connectivity index (χ0n) is 9.85. The van der Waals surface area contributed by atoms with Crippen LogP contribution in [0, 0.1) is 6.92 Å². The fourth-order valence-corrected chi connectivity index (χ4v) is 2.13. The second-order valence-electron chi connectivity index (χ2n) is 3.26. The molecule has 1 N–H and O–H groups in total. The Morgan fingerprint density at radius 3 is 2.75 bits per heavy atom. The van der Waals surface area contributed by atoms with E-state index >= 15 is 0 Å². The Balaban J connectivity index is 2.56. The number of carbonyl (C=O) groups excluding carboxylic acids is 1. The number of likely N-dealkylation sites (N-methyl/N-ethyl adjacent to an activating group) is 1. The van der Waals surface area contributed by atoms with Crippen LogP contribution in [0.1, 0.15) is 5.82 Å². The third-order valence-corrected chi connectivity index (χ3v) is 3.38. The molecule has 6 nitrogen and oxygen atoms in total. The van der Waals surface area contributed by atoms with Crippen LogP contribution in [0.3, 0.4) is 0 Å². The normalized spacial score (nSPS) is 12.5. The molecule has 0 radical (unpaired) electrons. The van der Waals surface area contributed by atoms with Gasteiger partial charge < -0.3 is 14.6 Å². The number of aromatic nitrogens is 3. The molecule has 0 bridgehead atoms. The first-order valence-electron chi connectivity index (χ1n) is 4.84. The lowest BCUT2D eigenvalue weighted by atomic mass is 10.3. The van der Waals surface area contributed by atoms with Crippen LogP contribution in [0.5, 0.6) is 0 Å². The number of rotatable bonds is 5.